The summed E-state index contributed by atoms with van der Waals surface area (Å²) in [5.41, 5.74) is 5.40. The highest BCUT2D eigenvalue weighted by Crippen LogP contribution is 2.36. The van der Waals surface area contributed by atoms with E-state index in [2.05, 4.69) is 64.3 Å². The van der Waals surface area contributed by atoms with Crippen LogP contribution < -0.4 is 0 Å². The highest BCUT2D eigenvalue weighted by atomic mass is 32.2. The lowest BCUT2D eigenvalue weighted by Gasteiger charge is -2.12. The molecule has 100 valence electrons. The van der Waals surface area contributed by atoms with Crippen LogP contribution in [0.2, 0.25) is 0 Å². The van der Waals surface area contributed by atoms with Crippen LogP contribution in [0.3, 0.4) is 0 Å². The number of rotatable bonds is 3. The van der Waals surface area contributed by atoms with E-state index in [0.717, 1.165) is 0 Å². The molecule has 0 aromatic heterocycles. The second kappa shape index (κ2) is 6.06. The molecular formula is C17H20S2. The Bertz CT molecular complexity index is 600. The molecule has 0 saturated carbocycles. The maximum Gasteiger partial charge on any atom is 0.0155 e. The van der Waals surface area contributed by atoms with Crippen molar-refractivity contribution < 1.29 is 0 Å². The third-order valence-electron chi connectivity index (χ3n) is 3.26. The lowest BCUT2D eigenvalue weighted by molar-refractivity contribution is 1.17. The van der Waals surface area contributed by atoms with E-state index in [1.54, 1.807) is 0 Å². The maximum absolute atomic E-state index is 2.31. The lowest BCUT2D eigenvalue weighted by Crippen LogP contribution is -1.88. The molecule has 0 radical (unpaired) electrons. The van der Waals surface area contributed by atoms with Crippen molar-refractivity contribution in [1.29, 1.82) is 0 Å². The van der Waals surface area contributed by atoms with Crippen LogP contribution in [0.5, 0.6) is 0 Å². The third-order valence-corrected chi connectivity index (χ3v) is 5.46. The standard InChI is InChI=1S/C17H20S2/c1-11-6-7-12(2)16(8-11)19-17-10-13(3)15(18-5)9-14(17)4/h6-10H,1-5H3. The molecule has 0 nitrogen and oxygen atoms in total. The molecule has 2 aromatic rings. The quantitative estimate of drug-likeness (QED) is 0.655. The number of hydrogen-bond donors (Lipinski definition) is 0. The van der Waals surface area contributed by atoms with Gasteiger partial charge in [-0.2, -0.15) is 0 Å². The minimum atomic E-state index is 1.32. The van der Waals surface area contributed by atoms with Crippen LogP contribution in [0, 0.1) is 27.7 Å². The Hall–Kier alpha value is -0.860. The van der Waals surface area contributed by atoms with Gasteiger partial charge in [-0.25, -0.2) is 0 Å². The SMILES string of the molecule is CSc1cc(C)c(Sc2cc(C)ccc2C)cc1C. The van der Waals surface area contributed by atoms with Crippen LogP contribution in [0.1, 0.15) is 22.3 Å². The molecule has 0 atom stereocenters. The van der Waals surface area contributed by atoms with Crippen molar-refractivity contribution in [2.24, 2.45) is 0 Å². The Morgan fingerprint density at radius 2 is 1.26 bits per heavy atom. The first-order valence-electron chi connectivity index (χ1n) is 6.41. The first kappa shape index (κ1) is 14.5. The van der Waals surface area contributed by atoms with Crippen molar-refractivity contribution in [2.75, 3.05) is 6.26 Å². The van der Waals surface area contributed by atoms with E-state index in [-0.39, 0.29) is 0 Å². The molecule has 0 aliphatic heterocycles. The number of thioether (sulfide) groups is 1. The molecule has 0 saturated heterocycles. The normalized spacial score (nSPS) is 10.8. The fourth-order valence-corrected chi connectivity index (χ4v) is 3.87. The molecule has 2 rings (SSSR count). The summed E-state index contributed by atoms with van der Waals surface area (Å²) in [7, 11) is 0. The molecule has 0 spiro atoms. The van der Waals surface area contributed by atoms with Crippen molar-refractivity contribution in [3.8, 4) is 0 Å². The van der Waals surface area contributed by atoms with E-state index in [4.69, 9.17) is 0 Å². The summed E-state index contributed by atoms with van der Waals surface area (Å²) in [6.07, 6.45) is 2.14. The Kier molecular flexibility index (Phi) is 4.64. The van der Waals surface area contributed by atoms with Gasteiger partial charge in [0.2, 0.25) is 0 Å². The second-order valence-electron chi connectivity index (χ2n) is 4.96. The molecule has 2 heteroatoms. The van der Waals surface area contributed by atoms with Gasteiger partial charge >= 0.3 is 0 Å². The Labute approximate surface area is 125 Å². The van der Waals surface area contributed by atoms with E-state index >= 15 is 0 Å². The third kappa shape index (κ3) is 3.37. The lowest BCUT2D eigenvalue weighted by atomic mass is 10.2. The van der Waals surface area contributed by atoms with Crippen LogP contribution in [-0.4, -0.2) is 6.26 Å². The van der Waals surface area contributed by atoms with Gasteiger partial charge in [-0.1, -0.05) is 23.9 Å². The zero-order chi connectivity index (χ0) is 14.0. The Morgan fingerprint density at radius 3 is 1.95 bits per heavy atom. The van der Waals surface area contributed by atoms with E-state index in [0.29, 0.717) is 0 Å². The minimum absolute atomic E-state index is 1.32. The summed E-state index contributed by atoms with van der Waals surface area (Å²) in [6, 6.07) is 11.3. The molecule has 0 N–H and O–H groups in total. The van der Waals surface area contributed by atoms with Crippen LogP contribution >= 0.6 is 23.5 Å². The Balaban J connectivity index is 2.38. The molecule has 0 aliphatic rings. The monoisotopic (exact) mass is 288 g/mol. The van der Waals surface area contributed by atoms with Crippen LogP contribution in [-0.2, 0) is 0 Å². The summed E-state index contributed by atoms with van der Waals surface area (Å²) in [4.78, 5) is 4.10. The summed E-state index contributed by atoms with van der Waals surface area (Å²) < 4.78 is 0. The van der Waals surface area contributed by atoms with Gasteiger partial charge in [0, 0.05) is 14.7 Å². The highest BCUT2D eigenvalue weighted by Gasteiger charge is 2.07. The molecule has 0 heterocycles. The zero-order valence-corrected chi connectivity index (χ0v) is 13.8. The van der Waals surface area contributed by atoms with Crippen LogP contribution in [0.25, 0.3) is 0 Å². The minimum Gasteiger partial charge on any atom is -0.129 e. The summed E-state index contributed by atoms with van der Waals surface area (Å²) in [5.74, 6) is 0. The summed E-state index contributed by atoms with van der Waals surface area (Å²) >= 11 is 3.70. The van der Waals surface area contributed by atoms with Crippen molar-refractivity contribution in [2.45, 2.75) is 42.4 Å². The first-order valence-corrected chi connectivity index (χ1v) is 8.45. The van der Waals surface area contributed by atoms with Crippen molar-refractivity contribution in [1.82, 2.24) is 0 Å². The van der Waals surface area contributed by atoms with Crippen LogP contribution in [0.4, 0.5) is 0 Å². The van der Waals surface area contributed by atoms with Gasteiger partial charge in [-0.15, -0.1) is 11.8 Å². The molecule has 0 aliphatic carbocycles. The number of benzene rings is 2. The van der Waals surface area contributed by atoms with E-state index in [1.807, 2.05) is 23.5 Å². The molecule has 0 fully saturated rings. The van der Waals surface area contributed by atoms with Gasteiger partial charge in [0.05, 0.1) is 0 Å². The van der Waals surface area contributed by atoms with E-state index in [1.165, 1.54) is 36.9 Å². The molecule has 19 heavy (non-hydrogen) atoms. The van der Waals surface area contributed by atoms with Gasteiger partial charge in [-0.3, -0.25) is 0 Å². The molecule has 0 unspecified atom stereocenters. The predicted octanol–water partition coefficient (Wildman–Crippen LogP) is 5.79. The fourth-order valence-electron chi connectivity index (χ4n) is 2.03. The maximum atomic E-state index is 2.31. The van der Waals surface area contributed by atoms with Gasteiger partial charge < -0.3 is 0 Å². The largest absolute Gasteiger partial charge is 0.129 e. The molecule has 2 aromatic carbocycles. The second-order valence-corrected chi connectivity index (χ2v) is 6.89. The zero-order valence-electron chi connectivity index (χ0n) is 12.2. The van der Waals surface area contributed by atoms with Crippen molar-refractivity contribution >= 4 is 23.5 Å². The van der Waals surface area contributed by atoms with Gasteiger partial charge in [0.25, 0.3) is 0 Å². The number of hydrogen-bond acceptors (Lipinski definition) is 2. The topological polar surface area (TPSA) is 0 Å². The average molecular weight is 288 g/mol. The summed E-state index contributed by atoms with van der Waals surface area (Å²) in [6.45, 7) is 8.73. The molecule has 0 amide bonds. The highest BCUT2D eigenvalue weighted by molar-refractivity contribution is 7.99. The summed E-state index contributed by atoms with van der Waals surface area (Å²) in [5, 5.41) is 0. The van der Waals surface area contributed by atoms with Crippen molar-refractivity contribution in [3.05, 3.63) is 52.6 Å². The van der Waals surface area contributed by atoms with E-state index in [9.17, 15) is 0 Å². The first-order chi connectivity index (χ1) is 9.01. The Morgan fingerprint density at radius 1 is 0.684 bits per heavy atom. The van der Waals surface area contributed by atoms with Gasteiger partial charge in [0.15, 0.2) is 0 Å². The number of aryl methyl sites for hydroxylation is 4. The predicted molar refractivity (Wildman–Crippen MR) is 87.7 cm³/mol. The van der Waals surface area contributed by atoms with Gasteiger partial charge in [-0.05, 0) is 74.4 Å². The van der Waals surface area contributed by atoms with Gasteiger partial charge in [0.1, 0.15) is 0 Å². The van der Waals surface area contributed by atoms with Crippen LogP contribution in [0.15, 0.2) is 45.0 Å². The molecule has 0 bridgehead atoms. The molecular weight excluding hydrogens is 268 g/mol. The smallest absolute Gasteiger partial charge is 0.0155 e. The fraction of sp³-hybridized carbons (Fsp3) is 0.294. The van der Waals surface area contributed by atoms with E-state index < -0.39 is 0 Å². The average Bonchev–Trinajstić information content (AvgIpc) is 2.37. The van der Waals surface area contributed by atoms with Crippen molar-refractivity contribution in [3.63, 3.8) is 0 Å².